The van der Waals surface area contributed by atoms with Crippen molar-refractivity contribution in [3.05, 3.63) is 59.7 Å². The largest absolute Gasteiger partial charge is 0.493 e. The van der Waals surface area contributed by atoms with Gasteiger partial charge >= 0.3 is 16.1 Å². The number of carbonyl (C=O) groups excluding carboxylic acids is 1. The summed E-state index contributed by atoms with van der Waals surface area (Å²) < 4.78 is 65.5. The molecule has 2 rings (SSSR count). The first kappa shape index (κ1) is 19.4. The van der Waals surface area contributed by atoms with Crippen molar-refractivity contribution in [3.8, 4) is 11.5 Å². The lowest BCUT2D eigenvalue weighted by Crippen LogP contribution is -2.12. The van der Waals surface area contributed by atoms with E-state index in [2.05, 4.69) is 4.74 Å². The maximum absolute atomic E-state index is 13.7. The van der Waals surface area contributed by atoms with E-state index in [4.69, 9.17) is 8.92 Å². The van der Waals surface area contributed by atoms with E-state index in [1.165, 1.54) is 44.6 Å². The van der Waals surface area contributed by atoms with Crippen LogP contribution in [0.15, 0.2) is 47.4 Å². The van der Waals surface area contributed by atoms with Crippen LogP contribution in [0.25, 0.3) is 6.08 Å². The SMILES string of the molecule is COC(=O)/C=C/c1ccc(OS(=O)(=O)c2ccc(F)cc2F)c(OC)c1. The number of carbonyl (C=O) groups is 1. The minimum Gasteiger partial charge on any atom is -0.493 e. The second-order valence-electron chi connectivity index (χ2n) is 4.88. The molecule has 0 radical (unpaired) electrons. The Balaban J connectivity index is 2.33. The summed E-state index contributed by atoms with van der Waals surface area (Å²) in [5.74, 6) is -2.93. The first-order valence-electron chi connectivity index (χ1n) is 7.10. The van der Waals surface area contributed by atoms with Crippen LogP contribution in [0.3, 0.4) is 0 Å². The lowest BCUT2D eigenvalue weighted by Gasteiger charge is -2.12. The lowest BCUT2D eigenvalue weighted by atomic mass is 10.2. The molecule has 0 aliphatic rings. The smallest absolute Gasteiger partial charge is 0.342 e. The summed E-state index contributed by atoms with van der Waals surface area (Å²) >= 11 is 0. The minimum atomic E-state index is -4.55. The molecule has 26 heavy (non-hydrogen) atoms. The fourth-order valence-electron chi connectivity index (χ4n) is 1.93. The summed E-state index contributed by atoms with van der Waals surface area (Å²) in [5, 5.41) is 0. The number of halogens is 2. The Kier molecular flexibility index (Phi) is 5.93. The highest BCUT2D eigenvalue weighted by Crippen LogP contribution is 2.31. The summed E-state index contributed by atoms with van der Waals surface area (Å²) in [6.07, 6.45) is 2.59. The molecule has 0 aromatic heterocycles. The molecule has 0 fully saturated rings. The molecule has 9 heteroatoms. The van der Waals surface area contributed by atoms with Gasteiger partial charge in [-0.2, -0.15) is 8.42 Å². The minimum absolute atomic E-state index is 0.0307. The summed E-state index contributed by atoms with van der Waals surface area (Å²) in [6, 6.07) is 6.14. The van der Waals surface area contributed by atoms with E-state index in [0.29, 0.717) is 11.6 Å². The van der Waals surface area contributed by atoms with Crippen LogP contribution >= 0.6 is 0 Å². The van der Waals surface area contributed by atoms with Crippen molar-refractivity contribution in [2.45, 2.75) is 4.90 Å². The monoisotopic (exact) mass is 384 g/mol. The van der Waals surface area contributed by atoms with Crippen LogP contribution in [0, 0.1) is 11.6 Å². The molecule has 0 saturated carbocycles. The van der Waals surface area contributed by atoms with Crippen LogP contribution in [0.4, 0.5) is 8.78 Å². The summed E-state index contributed by atoms with van der Waals surface area (Å²) in [7, 11) is -2.04. The number of hydrogen-bond donors (Lipinski definition) is 0. The quantitative estimate of drug-likeness (QED) is 0.433. The molecule has 0 heterocycles. The third kappa shape index (κ3) is 4.57. The van der Waals surface area contributed by atoms with Crippen LogP contribution in [0.2, 0.25) is 0 Å². The van der Waals surface area contributed by atoms with Gasteiger partial charge in [-0.25, -0.2) is 13.6 Å². The van der Waals surface area contributed by atoms with Crippen LogP contribution < -0.4 is 8.92 Å². The number of ether oxygens (including phenoxy) is 2. The highest BCUT2D eigenvalue weighted by atomic mass is 32.2. The van der Waals surface area contributed by atoms with E-state index in [0.717, 1.165) is 12.1 Å². The van der Waals surface area contributed by atoms with E-state index in [1.54, 1.807) is 0 Å². The molecule has 2 aromatic carbocycles. The van der Waals surface area contributed by atoms with E-state index in [-0.39, 0.29) is 11.5 Å². The highest BCUT2D eigenvalue weighted by molar-refractivity contribution is 7.87. The second-order valence-corrected chi connectivity index (χ2v) is 6.39. The molecule has 2 aromatic rings. The number of benzene rings is 2. The molecular weight excluding hydrogens is 370 g/mol. The number of hydrogen-bond acceptors (Lipinski definition) is 6. The van der Waals surface area contributed by atoms with Gasteiger partial charge in [-0.05, 0) is 35.9 Å². The van der Waals surface area contributed by atoms with Gasteiger partial charge in [0.1, 0.15) is 16.5 Å². The lowest BCUT2D eigenvalue weighted by molar-refractivity contribution is -0.134. The average molecular weight is 384 g/mol. The molecular formula is C17H14F2O6S. The van der Waals surface area contributed by atoms with Gasteiger partial charge in [0.2, 0.25) is 0 Å². The fourth-order valence-corrected chi connectivity index (χ4v) is 2.93. The van der Waals surface area contributed by atoms with Gasteiger partial charge in [0.25, 0.3) is 0 Å². The van der Waals surface area contributed by atoms with Gasteiger partial charge in [0, 0.05) is 12.1 Å². The van der Waals surface area contributed by atoms with Crippen molar-refractivity contribution in [3.63, 3.8) is 0 Å². The zero-order chi connectivity index (χ0) is 19.3. The third-order valence-electron chi connectivity index (χ3n) is 3.16. The Bertz CT molecular complexity index is 954. The number of rotatable bonds is 6. The molecule has 6 nitrogen and oxygen atoms in total. The summed E-state index contributed by atoms with van der Waals surface area (Å²) in [4.78, 5) is 10.3. The molecule has 0 atom stereocenters. The molecule has 0 N–H and O–H groups in total. The predicted octanol–water partition coefficient (Wildman–Crippen LogP) is 2.93. The van der Waals surface area contributed by atoms with Crippen LogP contribution in [0.1, 0.15) is 5.56 Å². The Morgan fingerprint density at radius 1 is 1.04 bits per heavy atom. The summed E-state index contributed by atoms with van der Waals surface area (Å²) in [6.45, 7) is 0. The molecule has 0 amide bonds. The van der Waals surface area contributed by atoms with E-state index >= 15 is 0 Å². The van der Waals surface area contributed by atoms with Crippen LogP contribution in [0.5, 0.6) is 11.5 Å². The number of esters is 1. The van der Waals surface area contributed by atoms with Gasteiger partial charge in [0.05, 0.1) is 14.2 Å². The van der Waals surface area contributed by atoms with Gasteiger partial charge in [-0.1, -0.05) is 6.07 Å². The van der Waals surface area contributed by atoms with Crippen molar-refractivity contribution in [2.75, 3.05) is 14.2 Å². The van der Waals surface area contributed by atoms with Crippen molar-refractivity contribution < 1.29 is 35.6 Å². The highest BCUT2D eigenvalue weighted by Gasteiger charge is 2.23. The molecule has 138 valence electrons. The Hall–Kier alpha value is -2.94. The zero-order valence-electron chi connectivity index (χ0n) is 13.7. The van der Waals surface area contributed by atoms with Crippen molar-refractivity contribution >= 4 is 22.2 Å². The Morgan fingerprint density at radius 3 is 2.38 bits per heavy atom. The van der Waals surface area contributed by atoms with Gasteiger partial charge in [-0.3, -0.25) is 0 Å². The molecule has 0 bridgehead atoms. The van der Waals surface area contributed by atoms with E-state index < -0.39 is 32.6 Å². The topological polar surface area (TPSA) is 78.9 Å². The predicted molar refractivity (Wildman–Crippen MR) is 88.2 cm³/mol. The Labute approximate surface area is 148 Å². The standard InChI is InChI=1S/C17H14F2O6S/c1-23-15-9-11(4-8-17(20)24-2)3-6-14(15)25-26(21,22)16-7-5-12(18)10-13(16)19/h3-10H,1-2H3/b8-4+. The maximum atomic E-state index is 13.7. The first-order chi connectivity index (χ1) is 12.3. The molecule has 0 unspecified atom stereocenters. The van der Waals surface area contributed by atoms with Gasteiger partial charge in [0.15, 0.2) is 11.5 Å². The van der Waals surface area contributed by atoms with Crippen LogP contribution in [-0.4, -0.2) is 28.6 Å². The Morgan fingerprint density at radius 2 is 1.77 bits per heavy atom. The summed E-state index contributed by atoms with van der Waals surface area (Å²) in [5.41, 5.74) is 0.505. The molecule has 0 saturated heterocycles. The van der Waals surface area contributed by atoms with Crippen molar-refractivity contribution in [1.82, 2.24) is 0 Å². The number of methoxy groups -OCH3 is 2. The fraction of sp³-hybridized carbons (Fsp3) is 0.118. The maximum Gasteiger partial charge on any atom is 0.342 e. The second kappa shape index (κ2) is 7.96. The molecule has 0 aliphatic carbocycles. The van der Waals surface area contributed by atoms with Gasteiger partial charge < -0.3 is 13.7 Å². The van der Waals surface area contributed by atoms with E-state index in [1.807, 2.05) is 0 Å². The molecule has 0 spiro atoms. The van der Waals surface area contributed by atoms with Crippen LogP contribution in [-0.2, 0) is 19.6 Å². The zero-order valence-corrected chi connectivity index (χ0v) is 14.5. The van der Waals surface area contributed by atoms with Crippen molar-refractivity contribution in [1.29, 1.82) is 0 Å². The third-order valence-corrected chi connectivity index (χ3v) is 4.43. The average Bonchev–Trinajstić information content (AvgIpc) is 2.59. The van der Waals surface area contributed by atoms with E-state index in [9.17, 15) is 22.0 Å². The molecule has 0 aliphatic heterocycles. The normalized spacial score (nSPS) is 11.4. The van der Waals surface area contributed by atoms with Crippen molar-refractivity contribution in [2.24, 2.45) is 0 Å². The first-order valence-corrected chi connectivity index (χ1v) is 8.51. The van der Waals surface area contributed by atoms with Gasteiger partial charge in [-0.15, -0.1) is 0 Å².